The highest BCUT2D eigenvalue weighted by Crippen LogP contribution is 2.48. The van der Waals surface area contributed by atoms with Gasteiger partial charge in [-0.1, -0.05) is 24.3 Å². The number of fused-ring (bicyclic) bond motifs is 1. The molecule has 0 spiro atoms. The smallest absolute Gasteiger partial charge is 0.343 e. The molecule has 31 heavy (non-hydrogen) atoms. The van der Waals surface area contributed by atoms with E-state index in [4.69, 9.17) is 4.42 Å². The van der Waals surface area contributed by atoms with Crippen molar-refractivity contribution in [1.82, 2.24) is 4.98 Å². The van der Waals surface area contributed by atoms with Crippen molar-refractivity contribution in [2.75, 3.05) is 4.72 Å². The first-order chi connectivity index (χ1) is 14.9. The quantitative estimate of drug-likeness (QED) is 0.421. The lowest BCUT2D eigenvalue weighted by Crippen LogP contribution is -2.17. The van der Waals surface area contributed by atoms with E-state index in [0.717, 1.165) is 29.7 Å². The second-order valence-electron chi connectivity index (χ2n) is 7.49. The molecule has 0 amide bonds. The van der Waals surface area contributed by atoms with Crippen molar-refractivity contribution in [3.8, 4) is 5.75 Å². The fraction of sp³-hybridized carbons (Fsp3) is 0.182. The van der Waals surface area contributed by atoms with Gasteiger partial charge in [-0.25, -0.2) is 9.78 Å². The van der Waals surface area contributed by atoms with Crippen LogP contribution in [0.15, 0.2) is 73.7 Å². The number of benzene rings is 2. The van der Waals surface area contributed by atoms with E-state index in [1.807, 2.05) is 6.07 Å². The fourth-order valence-electron chi connectivity index (χ4n) is 3.86. The number of hydrogen-bond donors (Lipinski definition) is 2. The van der Waals surface area contributed by atoms with Gasteiger partial charge < -0.3 is 9.52 Å². The van der Waals surface area contributed by atoms with Crippen LogP contribution >= 0.6 is 11.3 Å². The summed E-state index contributed by atoms with van der Waals surface area (Å²) in [5.74, 6) is -0.316. The molecule has 0 bridgehead atoms. The van der Waals surface area contributed by atoms with Gasteiger partial charge in [0, 0.05) is 23.2 Å². The first-order valence-corrected chi connectivity index (χ1v) is 12.1. The zero-order valence-corrected chi connectivity index (χ0v) is 17.8. The van der Waals surface area contributed by atoms with E-state index in [-0.39, 0.29) is 21.6 Å². The van der Waals surface area contributed by atoms with Gasteiger partial charge in [0.2, 0.25) is 4.34 Å². The first kappa shape index (κ1) is 19.8. The summed E-state index contributed by atoms with van der Waals surface area (Å²) in [6.45, 7) is 0. The van der Waals surface area contributed by atoms with Gasteiger partial charge in [0.05, 0.1) is 10.9 Å². The maximum atomic E-state index is 12.8. The van der Waals surface area contributed by atoms with Crippen LogP contribution in [0, 0.1) is 5.92 Å². The average molecular weight is 455 g/mol. The Kier molecular flexibility index (Phi) is 4.79. The van der Waals surface area contributed by atoms with Crippen LogP contribution in [0.1, 0.15) is 29.9 Å². The van der Waals surface area contributed by atoms with Crippen LogP contribution < -0.4 is 10.3 Å². The molecule has 7 nitrogen and oxygen atoms in total. The minimum absolute atomic E-state index is 0.0236. The summed E-state index contributed by atoms with van der Waals surface area (Å²) >= 11 is 1.03. The number of nitrogens with zero attached hydrogens (tertiary/aromatic N) is 1. The van der Waals surface area contributed by atoms with E-state index in [1.54, 1.807) is 47.8 Å². The molecule has 0 saturated heterocycles. The van der Waals surface area contributed by atoms with Gasteiger partial charge in [-0.05, 0) is 48.6 Å². The second-order valence-corrected chi connectivity index (χ2v) is 10.2. The van der Waals surface area contributed by atoms with Crippen LogP contribution in [0.3, 0.4) is 0 Å². The van der Waals surface area contributed by atoms with Gasteiger partial charge in [0.25, 0.3) is 10.0 Å². The molecular weight excluding hydrogens is 436 g/mol. The zero-order valence-electron chi connectivity index (χ0n) is 16.2. The predicted octanol–water partition coefficient (Wildman–Crippen LogP) is 4.30. The Morgan fingerprint density at radius 1 is 1.16 bits per heavy atom. The normalized spacial score (nSPS) is 15.1. The molecule has 2 heterocycles. The third kappa shape index (κ3) is 3.70. The summed E-state index contributed by atoms with van der Waals surface area (Å²) in [6, 6.07) is 13.7. The fourth-order valence-corrected chi connectivity index (χ4v) is 5.75. The van der Waals surface area contributed by atoms with Crippen LogP contribution in [0.4, 0.5) is 5.69 Å². The summed E-state index contributed by atoms with van der Waals surface area (Å²) in [5.41, 5.74) is 1.05. The van der Waals surface area contributed by atoms with Crippen LogP contribution in [0.2, 0.25) is 0 Å². The number of thiazole rings is 1. The third-order valence-corrected chi connectivity index (χ3v) is 7.94. The Labute approximate surface area is 182 Å². The standard InChI is InChI=1S/C22H18N2O5S2/c25-20-16-6-1-2-7-17(16)29-21(26)19(20)18(13-8-9-13)14-4-3-5-15(12-14)24-31(27,28)22-23-10-11-30-22/h1-7,10-13,18,24-25H,8-9H2. The topological polar surface area (TPSA) is 109 Å². The van der Waals surface area contributed by atoms with Crippen molar-refractivity contribution in [2.24, 2.45) is 5.92 Å². The summed E-state index contributed by atoms with van der Waals surface area (Å²) < 4.78 is 33.1. The SMILES string of the molecule is O=c1oc2ccccc2c(O)c1C(c1cccc(NS(=O)(=O)c2nccs2)c1)C1CC1. The highest BCUT2D eigenvalue weighted by Gasteiger charge is 2.38. The van der Waals surface area contributed by atoms with Crippen LogP contribution in [-0.4, -0.2) is 18.5 Å². The molecule has 0 radical (unpaired) electrons. The molecule has 1 atom stereocenters. The summed E-state index contributed by atoms with van der Waals surface area (Å²) in [7, 11) is -3.80. The zero-order chi connectivity index (χ0) is 21.6. The molecule has 1 saturated carbocycles. The van der Waals surface area contributed by atoms with Gasteiger partial charge in [0.15, 0.2) is 0 Å². The molecule has 9 heteroatoms. The molecular formula is C22H18N2O5S2. The summed E-state index contributed by atoms with van der Waals surface area (Å²) in [5, 5.41) is 13.0. The highest BCUT2D eigenvalue weighted by atomic mass is 32.2. The maximum absolute atomic E-state index is 12.8. The number of para-hydroxylation sites is 1. The number of nitrogens with one attached hydrogen (secondary N) is 1. The Balaban J connectivity index is 1.58. The second kappa shape index (κ2) is 7.51. The van der Waals surface area contributed by atoms with Crippen LogP contribution in [-0.2, 0) is 10.0 Å². The van der Waals surface area contributed by atoms with Crippen molar-refractivity contribution >= 4 is 38.0 Å². The lowest BCUT2D eigenvalue weighted by molar-refractivity contribution is 0.446. The minimum atomic E-state index is -3.80. The van der Waals surface area contributed by atoms with Gasteiger partial charge in [-0.2, -0.15) is 8.42 Å². The van der Waals surface area contributed by atoms with Gasteiger partial charge in [-0.15, -0.1) is 11.3 Å². The number of hydrogen-bond acceptors (Lipinski definition) is 7. The minimum Gasteiger partial charge on any atom is -0.507 e. The van der Waals surface area contributed by atoms with E-state index in [1.165, 1.54) is 6.20 Å². The molecule has 4 aromatic rings. The van der Waals surface area contributed by atoms with Gasteiger partial charge >= 0.3 is 5.63 Å². The van der Waals surface area contributed by atoms with E-state index in [9.17, 15) is 18.3 Å². The van der Waals surface area contributed by atoms with Crippen molar-refractivity contribution in [3.05, 3.63) is 81.7 Å². The van der Waals surface area contributed by atoms with E-state index >= 15 is 0 Å². The van der Waals surface area contributed by atoms with Crippen molar-refractivity contribution < 1.29 is 17.9 Å². The van der Waals surface area contributed by atoms with Gasteiger partial charge in [-0.3, -0.25) is 4.72 Å². The summed E-state index contributed by atoms with van der Waals surface area (Å²) in [6.07, 6.45) is 3.25. The number of aromatic nitrogens is 1. The maximum Gasteiger partial charge on any atom is 0.343 e. The Morgan fingerprint density at radius 2 is 1.97 bits per heavy atom. The highest BCUT2D eigenvalue weighted by molar-refractivity contribution is 7.94. The van der Waals surface area contributed by atoms with Gasteiger partial charge in [0.1, 0.15) is 11.3 Å². The molecule has 0 aliphatic heterocycles. The van der Waals surface area contributed by atoms with E-state index in [0.29, 0.717) is 16.7 Å². The molecule has 1 unspecified atom stereocenters. The van der Waals surface area contributed by atoms with E-state index < -0.39 is 21.6 Å². The molecule has 1 aliphatic carbocycles. The number of anilines is 1. The van der Waals surface area contributed by atoms with Crippen molar-refractivity contribution in [1.29, 1.82) is 0 Å². The predicted molar refractivity (Wildman–Crippen MR) is 118 cm³/mol. The van der Waals surface area contributed by atoms with E-state index in [2.05, 4.69) is 9.71 Å². The first-order valence-electron chi connectivity index (χ1n) is 9.71. The summed E-state index contributed by atoms with van der Waals surface area (Å²) in [4.78, 5) is 16.7. The monoisotopic (exact) mass is 454 g/mol. The number of sulfonamides is 1. The Hall–Kier alpha value is -3.17. The molecule has 1 aliphatic rings. The Morgan fingerprint density at radius 3 is 2.71 bits per heavy atom. The van der Waals surface area contributed by atoms with Crippen molar-refractivity contribution in [2.45, 2.75) is 23.1 Å². The lowest BCUT2D eigenvalue weighted by Gasteiger charge is -2.19. The lowest BCUT2D eigenvalue weighted by atomic mass is 9.86. The molecule has 158 valence electrons. The largest absolute Gasteiger partial charge is 0.507 e. The number of aromatic hydroxyl groups is 1. The molecule has 1 fully saturated rings. The Bertz CT molecular complexity index is 1420. The molecule has 2 N–H and O–H groups in total. The molecule has 2 aromatic heterocycles. The molecule has 5 rings (SSSR count). The van der Waals surface area contributed by atoms with Crippen LogP contribution in [0.5, 0.6) is 5.75 Å². The number of rotatable bonds is 6. The van der Waals surface area contributed by atoms with Crippen molar-refractivity contribution in [3.63, 3.8) is 0 Å². The average Bonchev–Trinajstić information content (AvgIpc) is 3.41. The molecule has 2 aromatic carbocycles. The van der Waals surface area contributed by atoms with Crippen LogP contribution in [0.25, 0.3) is 11.0 Å². The third-order valence-electron chi connectivity index (χ3n) is 5.36.